The number of fused-ring (bicyclic) bond motifs is 1. The molecule has 5 rings (SSSR count). The summed E-state index contributed by atoms with van der Waals surface area (Å²) in [5.74, 6) is 0.509. The molecule has 0 N–H and O–H groups in total. The third kappa shape index (κ3) is 3.49. The van der Waals surface area contributed by atoms with Crippen LogP contribution in [0.5, 0.6) is 0 Å². The van der Waals surface area contributed by atoms with Gasteiger partial charge in [0.2, 0.25) is 5.91 Å². The first kappa shape index (κ1) is 19.8. The fourth-order valence-corrected chi connectivity index (χ4v) is 4.54. The van der Waals surface area contributed by atoms with Crippen molar-refractivity contribution in [1.29, 1.82) is 0 Å². The Hall–Kier alpha value is -3.18. The van der Waals surface area contributed by atoms with Crippen LogP contribution in [0.25, 0.3) is 11.0 Å². The van der Waals surface area contributed by atoms with E-state index < -0.39 is 0 Å². The number of benzene rings is 3. The molecule has 0 unspecified atom stereocenters. The van der Waals surface area contributed by atoms with Gasteiger partial charge < -0.3 is 9.47 Å². The smallest absolute Gasteiger partial charge is 0.227 e. The van der Waals surface area contributed by atoms with E-state index in [4.69, 9.17) is 16.6 Å². The molecule has 3 aromatic carbocycles. The highest BCUT2D eigenvalue weighted by Crippen LogP contribution is 2.36. The predicted molar refractivity (Wildman–Crippen MR) is 121 cm³/mol. The Morgan fingerprint density at radius 1 is 1.06 bits per heavy atom. The van der Waals surface area contributed by atoms with Crippen LogP contribution < -0.4 is 4.90 Å². The molecular formula is C25H21ClFN3O. The van der Waals surface area contributed by atoms with Gasteiger partial charge in [0.25, 0.3) is 0 Å². The summed E-state index contributed by atoms with van der Waals surface area (Å²) in [5.41, 5.74) is 4.10. The zero-order valence-corrected chi connectivity index (χ0v) is 17.8. The lowest BCUT2D eigenvalue weighted by Crippen LogP contribution is -2.25. The topological polar surface area (TPSA) is 38.1 Å². The van der Waals surface area contributed by atoms with E-state index in [-0.39, 0.29) is 17.6 Å². The zero-order valence-electron chi connectivity index (χ0n) is 17.1. The highest BCUT2D eigenvalue weighted by atomic mass is 35.5. The predicted octanol–water partition coefficient (Wildman–Crippen LogP) is 5.71. The van der Waals surface area contributed by atoms with Gasteiger partial charge in [0.05, 0.1) is 17.6 Å². The molecule has 1 aliphatic rings. The molecule has 156 valence electrons. The normalized spacial score (nSPS) is 16.4. The van der Waals surface area contributed by atoms with E-state index in [0.717, 1.165) is 28.1 Å². The molecule has 6 heteroatoms. The minimum atomic E-state index is -0.245. The first-order valence-electron chi connectivity index (χ1n) is 10.3. The maximum atomic E-state index is 14.4. The lowest BCUT2D eigenvalue weighted by atomic mass is 10.1. The Labute approximate surface area is 184 Å². The average molecular weight is 434 g/mol. The zero-order chi connectivity index (χ0) is 21.5. The van der Waals surface area contributed by atoms with Gasteiger partial charge in [-0.3, -0.25) is 4.79 Å². The van der Waals surface area contributed by atoms with Gasteiger partial charge >= 0.3 is 0 Å². The summed E-state index contributed by atoms with van der Waals surface area (Å²) >= 11 is 6.29. The number of para-hydroxylation sites is 2. The Bertz CT molecular complexity index is 1300. The Balaban J connectivity index is 1.55. The number of aromatic nitrogens is 2. The SMILES string of the molecule is Cc1c(Cl)cccc1N1C[C@@H](c2nc3ccccc3n2Cc2ccccc2F)CC1=O. The van der Waals surface area contributed by atoms with Crippen molar-refractivity contribution in [3.63, 3.8) is 0 Å². The highest BCUT2D eigenvalue weighted by Gasteiger charge is 2.35. The summed E-state index contributed by atoms with van der Waals surface area (Å²) in [6.07, 6.45) is 0.354. The van der Waals surface area contributed by atoms with Crippen LogP contribution in [0.4, 0.5) is 10.1 Å². The van der Waals surface area contributed by atoms with Crippen LogP contribution >= 0.6 is 11.6 Å². The molecule has 0 saturated carbocycles. The molecule has 4 nitrogen and oxygen atoms in total. The molecule has 0 radical (unpaired) electrons. The molecule has 1 saturated heterocycles. The van der Waals surface area contributed by atoms with E-state index in [1.807, 2.05) is 60.0 Å². The average Bonchev–Trinajstić information content (AvgIpc) is 3.32. The first-order chi connectivity index (χ1) is 15.0. The Morgan fingerprint density at radius 3 is 2.68 bits per heavy atom. The van der Waals surface area contributed by atoms with Crippen molar-refractivity contribution in [3.05, 3.63) is 94.5 Å². The summed E-state index contributed by atoms with van der Waals surface area (Å²) in [6.45, 7) is 2.80. The van der Waals surface area contributed by atoms with Crippen LogP contribution in [0.15, 0.2) is 66.7 Å². The van der Waals surface area contributed by atoms with Crippen molar-refractivity contribution in [1.82, 2.24) is 9.55 Å². The van der Waals surface area contributed by atoms with Crippen molar-refractivity contribution in [2.75, 3.05) is 11.4 Å². The summed E-state index contributed by atoms with van der Waals surface area (Å²) in [5, 5.41) is 0.639. The second-order valence-corrected chi connectivity index (χ2v) is 8.33. The van der Waals surface area contributed by atoms with Gasteiger partial charge in [0, 0.05) is 35.2 Å². The van der Waals surface area contributed by atoms with Gasteiger partial charge in [0.15, 0.2) is 0 Å². The lowest BCUT2D eigenvalue weighted by molar-refractivity contribution is -0.117. The third-order valence-electron chi connectivity index (χ3n) is 5.99. The number of amides is 1. The molecule has 0 bridgehead atoms. The van der Waals surface area contributed by atoms with Crippen molar-refractivity contribution < 1.29 is 9.18 Å². The molecule has 31 heavy (non-hydrogen) atoms. The van der Waals surface area contributed by atoms with Crippen LogP contribution in [0, 0.1) is 12.7 Å². The van der Waals surface area contributed by atoms with Crippen LogP contribution in [-0.2, 0) is 11.3 Å². The van der Waals surface area contributed by atoms with Crippen molar-refractivity contribution in [3.8, 4) is 0 Å². The second kappa shape index (κ2) is 7.82. The molecule has 0 spiro atoms. The summed E-state index contributed by atoms with van der Waals surface area (Å²) in [4.78, 5) is 19.6. The van der Waals surface area contributed by atoms with E-state index in [0.29, 0.717) is 30.1 Å². The fraction of sp³-hybridized carbons (Fsp3) is 0.200. The van der Waals surface area contributed by atoms with Gasteiger partial charge in [-0.15, -0.1) is 0 Å². The standard InChI is InChI=1S/C25H21ClFN3O/c1-16-19(26)8-6-12-22(16)29-15-18(13-24(29)31)25-28-21-10-4-5-11-23(21)30(25)14-17-7-2-3-9-20(17)27/h2-12,18H,13-15H2,1H3/t18-/m0/s1. The molecule has 1 atom stereocenters. The van der Waals surface area contributed by atoms with E-state index in [1.165, 1.54) is 6.07 Å². The number of halogens is 2. The number of carbonyl (C=O) groups is 1. The number of hydrogen-bond acceptors (Lipinski definition) is 2. The van der Waals surface area contributed by atoms with Crippen molar-refractivity contribution in [2.45, 2.75) is 25.8 Å². The van der Waals surface area contributed by atoms with Crippen molar-refractivity contribution >= 4 is 34.2 Å². The minimum Gasteiger partial charge on any atom is -0.323 e. The molecule has 1 fully saturated rings. The van der Waals surface area contributed by atoms with Gasteiger partial charge in [-0.05, 0) is 42.8 Å². The number of rotatable bonds is 4. The van der Waals surface area contributed by atoms with Crippen LogP contribution in [0.2, 0.25) is 5.02 Å². The number of carbonyl (C=O) groups excluding carboxylic acids is 1. The number of hydrogen-bond donors (Lipinski definition) is 0. The summed E-state index contributed by atoms with van der Waals surface area (Å²) in [7, 11) is 0. The molecule has 0 aliphatic carbocycles. The molecule has 1 amide bonds. The van der Waals surface area contributed by atoms with E-state index >= 15 is 0 Å². The molecule has 4 aromatic rings. The van der Waals surface area contributed by atoms with Gasteiger partial charge in [-0.2, -0.15) is 0 Å². The number of imidazole rings is 1. The molecule has 1 aliphatic heterocycles. The van der Waals surface area contributed by atoms with Crippen LogP contribution in [0.3, 0.4) is 0 Å². The second-order valence-electron chi connectivity index (χ2n) is 7.93. The number of nitrogens with zero attached hydrogens (tertiary/aromatic N) is 3. The molecular weight excluding hydrogens is 413 g/mol. The summed E-state index contributed by atoms with van der Waals surface area (Å²) < 4.78 is 16.5. The summed E-state index contributed by atoms with van der Waals surface area (Å²) in [6, 6.07) is 20.2. The largest absolute Gasteiger partial charge is 0.323 e. The monoisotopic (exact) mass is 433 g/mol. The third-order valence-corrected chi connectivity index (χ3v) is 6.40. The van der Waals surface area contributed by atoms with E-state index in [1.54, 1.807) is 17.0 Å². The first-order valence-corrected chi connectivity index (χ1v) is 10.6. The maximum Gasteiger partial charge on any atom is 0.227 e. The van der Waals surface area contributed by atoms with Gasteiger partial charge in [-0.25, -0.2) is 9.37 Å². The van der Waals surface area contributed by atoms with E-state index in [2.05, 4.69) is 0 Å². The van der Waals surface area contributed by atoms with E-state index in [9.17, 15) is 9.18 Å². The van der Waals surface area contributed by atoms with Crippen molar-refractivity contribution in [2.24, 2.45) is 0 Å². The lowest BCUT2D eigenvalue weighted by Gasteiger charge is -2.20. The van der Waals surface area contributed by atoms with Crippen LogP contribution in [0.1, 0.15) is 29.3 Å². The Morgan fingerprint density at radius 2 is 1.84 bits per heavy atom. The maximum absolute atomic E-state index is 14.4. The highest BCUT2D eigenvalue weighted by molar-refractivity contribution is 6.31. The molecule has 1 aromatic heterocycles. The van der Waals surface area contributed by atoms with Crippen LogP contribution in [-0.4, -0.2) is 22.0 Å². The van der Waals surface area contributed by atoms with Gasteiger partial charge in [0.1, 0.15) is 11.6 Å². The number of anilines is 1. The minimum absolute atomic E-state index is 0.0415. The quantitative estimate of drug-likeness (QED) is 0.413. The Kier molecular flexibility index (Phi) is 4.98. The van der Waals surface area contributed by atoms with Gasteiger partial charge in [-0.1, -0.05) is 48.0 Å². The fourth-order valence-electron chi connectivity index (χ4n) is 4.37. The molecule has 2 heterocycles.